The summed E-state index contributed by atoms with van der Waals surface area (Å²) >= 11 is 0. The molecule has 2 aromatic heterocycles. The van der Waals surface area contributed by atoms with Crippen LogP contribution < -0.4 is 10.1 Å². The second kappa shape index (κ2) is 7.64. The first-order valence-electron chi connectivity index (χ1n) is 10.9. The molecular formula is C26H22N4O2. The minimum atomic E-state index is -0.0196. The Hall–Kier alpha value is -3.93. The van der Waals surface area contributed by atoms with Gasteiger partial charge in [0.25, 0.3) is 5.91 Å². The van der Waals surface area contributed by atoms with Crippen LogP contribution in [0, 0.1) is 0 Å². The number of benzene rings is 2. The van der Waals surface area contributed by atoms with Crippen LogP contribution in [-0.4, -0.2) is 27.2 Å². The van der Waals surface area contributed by atoms with Crippen LogP contribution in [0.2, 0.25) is 0 Å². The van der Waals surface area contributed by atoms with Gasteiger partial charge < -0.3 is 10.1 Å². The molecule has 6 rings (SSSR count). The van der Waals surface area contributed by atoms with Crippen LogP contribution >= 0.6 is 0 Å². The van der Waals surface area contributed by atoms with Crippen LogP contribution in [0.3, 0.4) is 0 Å². The van der Waals surface area contributed by atoms with Crippen LogP contribution in [0.25, 0.3) is 22.5 Å². The zero-order chi connectivity index (χ0) is 21.5. The molecule has 0 fully saturated rings. The maximum Gasteiger partial charge on any atom is 0.269 e. The van der Waals surface area contributed by atoms with Gasteiger partial charge in [-0.05, 0) is 54.3 Å². The normalized spacial score (nSPS) is 14.2. The van der Waals surface area contributed by atoms with E-state index in [1.165, 1.54) is 5.56 Å². The Bertz CT molecular complexity index is 1310. The van der Waals surface area contributed by atoms with E-state index in [0.717, 1.165) is 57.9 Å². The maximum atomic E-state index is 12.4. The van der Waals surface area contributed by atoms with E-state index in [9.17, 15) is 4.79 Å². The second-order valence-corrected chi connectivity index (χ2v) is 8.18. The Morgan fingerprint density at radius 1 is 1.03 bits per heavy atom. The van der Waals surface area contributed by atoms with E-state index in [0.29, 0.717) is 19.7 Å². The van der Waals surface area contributed by atoms with Crippen molar-refractivity contribution in [3.05, 3.63) is 89.2 Å². The summed E-state index contributed by atoms with van der Waals surface area (Å²) in [6.45, 7) is 1.88. The summed E-state index contributed by atoms with van der Waals surface area (Å²) in [5.41, 5.74) is 8.00. The number of nitrogens with one attached hydrogen (secondary N) is 1. The summed E-state index contributed by atoms with van der Waals surface area (Å²) in [4.78, 5) is 17.1. The molecule has 0 unspecified atom stereocenters. The van der Waals surface area contributed by atoms with Gasteiger partial charge in [-0.3, -0.25) is 14.5 Å². The third kappa shape index (κ3) is 3.24. The number of nitrogens with zero attached hydrogens (tertiary/aromatic N) is 3. The third-order valence-electron chi connectivity index (χ3n) is 6.16. The van der Waals surface area contributed by atoms with Gasteiger partial charge in [-0.2, -0.15) is 5.10 Å². The van der Waals surface area contributed by atoms with Crippen molar-refractivity contribution in [3.63, 3.8) is 0 Å². The molecule has 0 atom stereocenters. The summed E-state index contributed by atoms with van der Waals surface area (Å²) < 4.78 is 7.76. The first kappa shape index (κ1) is 18.8. The van der Waals surface area contributed by atoms with E-state index in [1.54, 1.807) is 0 Å². The highest BCUT2D eigenvalue weighted by Crippen LogP contribution is 2.37. The molecule has 1 N–H and O–H groups in total. The molecular weight excluding hydrogens is 400 g/mol. The zero-order valence-electron chi connectivity index (χ0n) is 17.5. The van der Waals surface area contributed by atoms with Gasteiger partial charge in [-0.15, -0.1) is 0 Å². The van der Waals surface area contributed by atoms with Crippen LogP contribution in [0.1, 0.15) is 27.2 Å². The van der Waals surface area contributed by atoms with Crippen molar-refractivity contribution in [2.24, 2.45) is 0 Å². The highest BCUT2D eigenvalue weighted by molar-refractivity contribution is 5.97. The van der Waals surface area contributed by atoms with Crippen LogP contribution in [0.5, 0.6) is 5.75 Å². The first-order valence-corrected chi connectivity index (χ1v) is 10.9. The molecule has 0 radical (unpaired) electrons. The number of fused-ring (bicyclic) bond motifs is 5. The number of rotatable bonds is 4. The lowest BCUT2D eigenvalue weighted by atomic mass is 9.89. The summed E-state index contributed by atoms with van der Waals surface area (Å²) in [6.07, 6.45) is 3.64. The van der Waals surface area contributed by atoms with Crippen molar-refractivity contribution in [2.45, 2.75) is 26.0 Å². The number of hydrogen-bond acceptors (Lipinski definition) is 4. The predicted octanol–water partition coefficient (Wildman–Crippen LogP) is 4.03. The van der Waals surface area contributed by atoms with E-state index in [2.05, 4.69) is 23.5 Å². The van der Waals surface area contributed by atoms with Gasteiger partial charge in [0.2, 0.25) is 0 Å². The zero-order valence-corrected chi connectivity index (χ0v) is 17.5. The number of ether oxygens (including phenoxy) is 1. The van der Waals surface area contributed by atoms with E-state index >= 15 is 0 Å². The van der Waals surface area contributed by atoms with Crippen LogP contribution in [0.15, 0.2) is 66.9 Å². The third-order valence-corrected chi connectivity index (χ3v) is 6.16. The maximum absolute atomic E-state index is 12.4. The standard InChI is InChI=1S/C26H22N4O2/c31-26-25-21-11-8-19-15-28-23(14-22(19)24(21)29-30(25)13-12-27-26)18-6-9-20(10-7-18)32-16-17-4-2-1-3-5-17/h1-7,9-10,14-15H,8,11-13,16H2,(H,27,31). The Labute approximate surface area is 185 Å². The topological polar surface area (TPSA) is 69.0 Å². The number of hydrogen-bond donors (Lipinski definition) is 1. The van der Waals surface area contributed by atoms with E-state index in [1.807, 2.05) is 53.3 Å². The number of carbonyl (C=O) groups excluding carboxylic acids is 1. The quantitative estimate of drug-likeness (QED) is 0.539. The van der Waals surface area contributed by atoms with Gasteiger partial charge in [0, 0.05) is 29.4 Å². The van der Waals surface area contributed by atoms with Gasteiger partial charge in [0.1, 0.15) is 18.1 Å². The fourth-order valence-electron chi connectivity index (χ4n) is 4.51. The molecule has 0 saturated carbocycles. The smallest absolute Gasteiger partial charge is 0.269 e. The van der Waals surface area contributed by atoms with Gasteiger partial charge in [0.15, 0.2) is 0 Å². The molecule has 1 aliphatic carbocycles. The summed E-state index contributed by atoms with van der Waals surface area (Å²) in [5, 5.41) is 7.73. The molecule has 2 aromatic carbocycles. The molecule has 6 nitrogen and oxygen atoms in total. The fourth-order valence-corrected chi connectivity index (χ4v) is 4.51. The highest BCUT2D eigenvalue weighted by atomic mass is 16.5. The molecule has 2 aliphatic rings. The molecule has 0 bridgehead atoms. The summed E-state index contributed by atoms with van der Waals surface area (Å²) in [6, 6.07) is 20.2. The fraction of sp³-hybridized carbons (Fsp3) is 0.192. The number of aryl methyl sites for hydroxylation is 1. The van der Waals surface area contributed by atoms with Crippen molar-refractivity contribution < 1.29 is 9.53 Å². The Kier molecular flexibility index (Phi) is 4.49. The van der Waals surface area contributed by atoms with Crippen molar-refractivity contribution in [1.82, 2.24) is 20.1 Å². The van der Waals surface area contributed by atoms with E-state index in [-0.39, 0.29) is 5.91 Å². The van der Waals surface area contributed by atoms with Gasteiger partial charge in [-0.1, -0.05) is 30.3 Å². The largest absolute Gasteiger partial charge is 0.489 e. The van der Waals surface area contributed by atoms with Crippen molar-refractivity contribution in [2.75, 3.05) is 6.54 Å². The van der Waals surface area contributed by atoms with Crippen LogP contribution in [-0.2, 0) is 26.0 Å². The van der Waals surface area contributed by atoms with Crippen LogP contribution in [0.4, 0.5) is 0 Å². The van der Waals surface area contributed by atoms with Crippen molar-refractivity contribution >= 4 is 5.91 Å². The predicted molar refractivity (Wildman–Crippen MR) is 121 cm³/mol. The van der Waals surface area contributed by atoms with Gasteiger partial charge >= 0.3 is 0 Å². The average Bonchev–Trinajstić information content (AvgIpc) is 3.24. The molecule has 0 saturated heterocycles. The number of amides is 1. The Balaban J connectivity index is 1.28. The average molecular weight is 422 g/mol. The number of pyridine rings is 1. The Morgan fingerprint density at radius 2 is 1.88 bits per heavy atom. The minimum Gasteiger partial charge on any atom is -0.489 e. The van der Waals surface area contributed by atoms with Gasteiger partial charge in [0.05, 0.1) is 17.9 Å². The summed E-state index contributed by atoms with van der Waals surface area (Å²) in [5.74, 6) is 0.805. The second-order valence-electron chi connectivity index (χ2n) is 8.18. The minimum absolute atomic E-state index is 0.0196. The number of carbonyl (C=O) groups is 1. The molecule has 4 aromatic rings. The number of aromatic nitrogens is 3. The lowest BCUT2D eigenvalue weighted by Crippen LogP contribution is -2.36. The highest BCUT2D eigenvalue weighted by Gasteiger charge is 2.30. The molecule has 0 spiro atoms. The molecule has 1 aliphatic heterocycles. The molecule has 3 heterocycles. The molecule has 6 heteroatoms. The monoisotopic (exact) mass is 422 g/mol. The lowest BCUT2D eigenvalue weighted by molar-refractivity contribution is 0.0923. The van der Waals surface area contributed by atoms with Crippen molar-refractivity contribution in [3.8, 4) is 28.3 Å². The lowest BCUT2D eigenvalue weighted by Gasteiger charge is -2.18. The van der Waals surface area contributed by atoms with Crippen molar-refractivity contribution in [1.29, 1.82) is 0 Å². The molecule has 158 valence electrons. The van der Waals surface area contributed by atoms with Gasteiger partial charge in [-0.25, -0.2) is 0 Å². The Morgan fingerprint density at radius 3 is 2.72 bits per heavy atom. The van der Waals surface area contributed by atoms with E-state index in [4.69, 9.17) is 14.8 Å². The molecule has 1 amide bonds. The SMILES string of the molecule is O=C1NCCn2nc3c(c21)CCc1cnc(-c2ccc(OCc4ccccc4)cc2)cc1-3. The first-order chi connectivity index (χ1) is 15.8. The summed E-state index contributed by atoms with van der Waals surface area (Å²) in [7, 11) is 0. The van der Waals surface area contributed by atoms with E-state index < -0.39 is 0 Å². The molecule has 32 heavy (non-hydrogen) atoms.